The summed E-state index contributed by atoms with van der Waals surface area (Å²) in [4.78, 5) is 11.0. The predicted octanol–water partition coefficient (Wildman–Crippen LogP) is 3.13. The molecule has 2 unspecified atom stereocenters. The van der Waals surface area contributed by atoms with Crippen molar-refractivity contribution in [2.24, 2.45) is 22.5 Å². The average Bonchev–Trinajstić information content (AvgIpc) is 2.55. The minimum absolute atomic E-state index is 0.165. The number of amides is 1. The number of nitrogens with two attached hydrogens (primary N) is 2. The second-order valence-electron chi connectivity index (χ2n) is 10.3. The molecule has 1 aromatic rings. The molecule has 5 nitrogen and oxygen atoms in total. The molecule has 4 aliphatic rings. The van der Waals surface area contributed by atoms with Gasteiger partial charge in [0.1, 0.15) is 6.54 Å². The first-order valence-electron chi connectivity index (χ1n) is 10.3. The first kappa shape index (κ1) is 20.0. The van der Waals surface area contributed by atoms with E-state index < -0.39 is 5.91 Å². The quantitative estimate of drug-likeness (QED) is 0.668. The van der Waals surface area contributed by atoms with Gasteiger partial charge in [-0.05, 0) is 64.1 Å². The number of hydrogen-bond donors (Lipinski definition) is 2. The standard InChI is InChI=1S/C22H31BrN2O3/c1-20-6-15-7-21(2,11-20)13-22(8-15,12-20)25-9-14-4-16(23)19(17(5-14)27-3)28-10-18(24)26/h4-5,15,25H,6-13H2,1-3H3,(H2,24,26)/p+1/t15?,20-,21+,22?. The van der Waals surface area contributed by atoms with E-state index >= 15 is 0 Å². The highest BCUT2D eigenvalue weighted by Crippen LogP contribution is 2.65. The van der Waals surface area contributed by atoms with Crippen LogP contribution in [0.4, 0.5) is 0 Å². The Morgan fingerprint density at radius 2 is 1.89 bits per heavy atom. The van der Waals surface area contributed by atoms with Crippen LogP contribution in [0.15, 0.2) is 16.6 Å². The van der Waals surface area contributed by atoms with Gasteiger partial charge in [-0.1, -0.05) is 13.8 Å². The van der Waals surface area contributed by atoms with Crippen LogP contribution in [-0.2, 0) is 11.3 Å². The van der Waals surface area contributed by atoms with E-state index in [0.29, 0.717) is 27.9 Å². The summed E-state index contributed by atoms with van der Waals surface area (Å²) in [5.41, 5.74) is 7.82. The molecule has 0 saturated heterocycles. The molecule has 4 bridgehead atoms. The highest BCUT2D eigenvalue weighted by molar-refractivity contribution is 9.10. The minimum atomic E-state index is -0.504. The maximum absolute atomic E-state index is 11.0. The number of quaternary nitrogens is 1. The normalized spacial score (nSPS) is 35.8. The molecule has 4 fully saturated rings. The maximum atomic E-state index is 11.0. The molecule has 1 aromatic carbocycles. The molecular formula is C22H32BrN2O3+. The smallest absolute Gasteiger partial charge is 0.255 e. The largest absolute Gasteiger partial charge is 0.493 e. The van der Waals surface area contributed by atoms with Crippen molar-refractivity contribution in [3.63, 3.8) is 0 Å². The molecule has 4 N–H and O–H groups in total. The molecule has 4 saturated carbocycles. The van der Waals surface area contributed by atoms with E-state index in [-0.39, 0.29) is 6.61 Å². The zero-order valence-corrected chi connectivity index (χ0v) is 18.7. The van der Waals surface area contributed by atoms with E-state index in [1.807, 2.05) is 6.07 Å². The molecule has 0 heterocycles. The number of hydrogen-bond acceptors (Lipinski definition) is 3. The molecule has 4 atom stereocenters. The Labute approximate surface area is 175 Å². The van der Waals surface area contributed by atoms with Crippen LogP contribution in [0, 0.1) is 16.7 Å². The van der Waals surface area contributed by atoms with Crippen LogP contribution in [0.3, 0.4) is 0 Å². The zero-order chi connectivity index (χ0) is 20.2. The fourth-order valence-corrected chi connectivity index (χ4v) is 7.88. The molecule has 154 valence electrons. The number of rotatable bonds is 7. The van der Waals surface area contributed by atoms with Gasteiger partial charge >= 0.3 is 0 Å². The summed E-state index contributed by atoms with van der Waals surface area (Å²) in [6, 6.07) is 4.08. The fraction of sp³-hybridized carbons (Fsp3) is 0.682. The Bertz CT molecular complexity index is 778. The minimum Gasteiger partial charge on any atom is -0.493 e. The van der Waals surface area contributed by atoms with E-state index in [1.165, 1.54) is 44.1 Å². The molecule has 0 spiro atoms. The van der Waals surface area contributed by atoms with Crippen molar-refractivity contribution in [3.8, 4) is 11.5 Å². The Hall–Kier alpha value is -1.27. The van der Waals surface area contributed by atoms with Gasteiger partial charge in [-0.25, -0.2) is 0 Å². The lowest BCUT2D eigenvalue weighted by Gasteiger charge is -2.63. The summed E-state index contributed by atoms with van der Waals surface area (Å²) >= 11 is 3.57. The van der Waals surface area contributed by atoms with E-state index in [4.69, 9.17) is 15.2 Å². The van der Waals surface area contributed by atoms with Gasteiger partial charge in [0, 0.05) is 24.8 Å². The summed E-state index contributed by atoms with van der Waals surface area (Å²) < 4.78 is 11.8. The first-order chi connectivity index (χ1) is 13.1. The molecule has 6 heteroatoms. The number of halogens is 1. The Morgan fingerprint density at radius 1 is 1.21 bits per heavy atom. The average molecular weight is 452 g/mol. The van der Waals surface area contributed by atoms with Gasteiger partial charge in [-0.3, -0.25) is 4.79 Å². The Kier molecular flexibility index (Phi) is 4.94. The van der Waals surface area contributed by atoms with Gasteiger partial charge in [0.05, 0.1) is 17.1 Å². The van der Waals surface area contributed by atoms with Gasteiger partial charge in [0.25, 0.3) is 5.91 Å². The number of primary amides is 1. The van der Waals surface area contributed by atoms with Crippen LogP contribution in [-0.4, -0.2) is 25.2 Å². The van der Waals surface area contributed by atoms with Crippen molar-refractivity contribution in [2.45, 2.75) is 64.5 Å². The highest BCUT2D eigenvalue weighted by Gasteiger charge is 2.62. The first-order valence-corrected chi connectivity index (χ1v) is 11.0. The van der Waals surface area contributed by atoms with E-state index in [1.54, 1.807) is 7.11 Å². The summed E-state index contributed by atoms with van der Waals surface area (Å²) in [6.07, 6.45) is 8.27. The third-order valence-corrected chi connectivity index (χ3v) is 7.68. The predicted molar refractivity (Wildman–Crippen MR) is 111 cm³/mol. The summed E-state index contributed by atoms with van der Waals surface area (Å²) in [7, 11) is 1.62. The lowest BCUT2D eigenvalue weighted by Crippen LogP contribution is -2.98. The molecule has 28 heavy (non-hydrogen) atoms. The van der Waals surface area contributed by atoms with Crippen molar-refractivity contribution in [1.29, 1.82) is 0 Å². The van der Waals surface area contributed by atoms with E-state index in [2.05, 4.69) is 41.2 Å². The van der Waals surface area contributed by atoms with Crippen LogP contribution in [0.2, 0.25) is 0 Å². The van der Waals surface area contributed by atoms with E-state index in [9.17, 15) is 4.79 Å². The van der Waals surface area contributed by atoms with E-state index in [0.717, 1.165) is 16.9 Å². The van der Waals surface area contributed by atoms with Gasteiger partial charge in [0.15, 0.2) is 18.1 Å². The third-order valence-electron chi connectivity index (χ3n) is 7.09. The molecule has 5 rings (SSSR count). The Morgan fingerprint density at radius 3 is 2.46 bits per heavy atom. The van der Waals surface area contributed by atoms with Crippen molar-refractivity contribution in [2.75, 3.05) is 13.7 Å². The molecule has 1 amide bonds. The van der Waals surface area contributed by atoms with Crippen molar-refractivity contribution >= 4 is 21.8 Å². The lowest BCUT2D eigenvalue weighted by molar-refractivity contribution is -0.755. The highest BCUT2D eigenvalue weighted by atomic mass is 79.9. The number of carbonyl (C=O) groups excluding carboxylic acids is 1. The van der Waals surface area contributed by atoms with Gasteiger partial charge in [-0.15, -0.1) is 0 Å². The molecule has 4 aliphatic carbocycles. The van der Waals surface area contributed by atoms with Crippen LogP contribution in [0.25, 0.3) is 0 Å². The molecule has 0 aliphatic heterocycles. The van der Waals surface area contributed by atoms with Crippen LogP contribution in [0.1, 0.15) is 57.9 Å². The van der Waals surface area contributed by atoms with Crippen molar-refractivity contribution in [1.82, 2.24) is 0 Å². The second-order valence-corrected chi connectivity index (χ2v) is 11.1. The van der Waals surface area contributed by atoms with Crippen LogP contribution >= 0.6 is 15.9 Å². The van der Waals surface area contributed by atoms with Crippen molar-refractivity contribution < 1.29 is 19.6 Å². The number of carbonyl (C=O) groups is 1. The Balaban J connectivity index is 1.51. The van der Waals surface area contributed by atoms with Gasteiger partial charge in [-0.2, -0.15) is 0 Å². The van der Waals surface area contributed by atoms with Gasteiger partial charge < -0.3 is 20.5 Å². The van der Waals surface area contributed by atoms with Crippen LogP contribution in [0.5, 0.6) is 11.5 Å². The second kappa shape index (κ2) is 6.91. The maximum Gasteiger partial charge on any atom is 0.255 e. The molecular weight excluding hydrogens is 420 g/mol. The SMILES string of the molecule is COc1cc(C[NH2+]C23CC4C[C@@](C)(C2)C[C@](C)(C4)C3)cc(Br)c1OCC(N)=O. The number of benzene rings is 1. The fourth-order valence-electron chi connectivity index (χ4n) is 7.27. The number of ether oxygens (including phenoxy) is 2. The van der Waals surface area contributed by atoms with Crippen LogP contribution < -0.4 is 20.5 Å². The monoisotopic (exact) mass is 451 g/mol. The molecule has 0 aromatic heterocycles. The lowest BCUT2D eigenvalue weighted by atomic mass is 9.43. The molecule has 0 radical (unpaired) electrons. The number of methoxy groups -OCH3 is 1. The third kappa shape index (κ3) is 3.78. The summed E-state index contributed by atoms with van der Waals surface area (Å²) in [6.45, 7) is 5.79. The summed E-state index contributed by atoms with van der Waals surface area (Å²) in [5, 5.41) is 2.60. The topological polar surface area (TPSA) is 78.2 Å². The summed E-state index contributed by atoms with van der Waals surface area (Å²) in [5.74, 6) is 1.55. The van der Waals surface area contributed by atoms with Crippen molar-refractivity contribution in [3.05, 3.63) is 22.2 Å². The zero-order valence-electron chi connectivity index (χ0n) is 17.1. The van der Waals surface area contributed by atoms with Gasteiger partial charge in [0.2, 0.25) is 0 Å².